The number of halogens is 3. The van der Waals surface area contributed by atoms with Crippen LogP contribution in [0.5, 0.6) is 0 Å². The summed E-state index contributed by atoms with van der Waals surface area (Å²) in [6.45, 7) is 0. The summed E-state index contributed by atoms with van der Waals surface area (Å²) >= 11 is 0. The summed E-state index contributed by atoms with van der Waals surface area (Å²) in [5.41, 5.74) is -1.01. The van der Waals surface area contributed by atoms with Gasteiger partial charge in [0.15, 0.2) is 6.29 Å². The first-order valence-corrected chi connectivity index (χ1v) is 8.78. The minimum absolute atomic E-state index is 0.0877. The van der Waals surface area contributed by atoms with Crippen molar-refractivity contribution in [3.05, 3.63) is 53.2 Å². The third-order valence-corrected chi connectivity index (χ3v) is 4.69. The maximum atomic E-state index is 13.2. The minimum Gasteiger partial charge on any atom is -0.459 e. The number of aliphatic hydroxyl groups excluding tert-OH is 1. The molecule has 3 unspecified atom stereocenters. The Kier molecular flexibility index (Phi) is 5.81. The highest BCUT2D eigenvalue weighted by Gasteiger charge is 2.37. The number of carbonyl (C=O) groups excluding carboxylic acids is 1. The van der Waals surface area contributed by atoms with Crippen LogP contribution in [0.15, 0.2) is 42.1 Å². The van der Waals surface area contributed by atoms with E-state index < -0.39 is 42.1 Å². The molecule has 0 saturated heterocycles. The van der Waals surface area contributed by atoms with Crippen LogP contribution in [-0.4, -0.2) is 34.7 Å². The number of nitrogens with one attached hydrogen (secondary N) is 2. The van der Waals surface area contributed by atoms with Gasteiger partial charge in [-0.25, -0.2) is 0 Å². The highest BCUT2D eigenvalue weighted by atomic mass is 19.4. The first-order chi connectivity index (χ1) is 13.7. The molecule has 3 atom stereocenters. The van der Waals surface area contributed by atoms with Crippen molar-refractivity contribution in [1.82, 2.24) is 10.6 Å². The summed E-state index contributed by atoms with van der Waals surface area (Å²) in [5.74, 6) is -1.31. The van der Waals surface area contributed by atoms with E-state index in [1.807, 2.05) is 6.07 Å². The zero-order chi connectivity index (χ0) is 21.2. The Labute approximate surface area is 164 Å². The number of nitrogens with zero attached hydrogens (tertiary/aromatic N) is 1. The average molecular weight is 409 g/mol. The minimum atomic E-state index is -4.59. The van der Waals surface area contributed by atoms with Gasteiger partial charge in [-0.15, -0.1) is 0 Å². The van der Waals surface area contributed by atoms with E-state index in [4.69, 9.17) is 10.00 Å². The SMILES string of the molecule is N#CC1C=C(C(O)O)C(NC(=O)C2NC=C(c3ccccc3C(F)(F)F)O2)CC1. The summed E-state index contributed by atoms with van der Waals surface area (Å²) < 4.78 is 44.9. The third-order valence-electron chi connectivity index (χ3n) is 4.69. The standard InChI is InChI=1S/C19H18F3N3O4/c20-19(21,22)13-4-2-1-3-11(13)15-9-24-17(29-15)16(26)25-14-6-5-10(8-23)7-12(14)18(27)28/h1-4,7,9-10,14,17-18,24,27-28H,5-6H2,(H,25,26). The van der Waals surface area contributed by atoms with E-state index in [9.17, 15) is 28.2 Å². The fourth-order valence-electron chi connectivity index (χ4n) is 3.28. The van der Waals surface area contributed by atoms with Gasteiger partial charge in [-0.05, 0) is 18.9 Å². The number of allylic oxidation sites excluding steroid dienone is 1. The molecule has 29 heavy (non-hydrogen) atoms. The molecule has 0 bridgehead atoms. The molecular weight excluding hydrogens is 391 g/mol. The fraction of sp³-hybridized carbons (Fsp3) is 0.368. The maximum absolute atomic E-state index is 13.2. The number of carbonyl (C=O) groups is 1. The quantitative estimate of drug-likeness (QED) is 0.444. The second-order valence-corrected chi connectivity index (χ2v) is 6.63. The molecule has 1 amide bonds. The third kappa shape index (κ3) is 4.52. The van der Waals surface area contributed by atoms with Gasteiger partial charge in [0.05, 0.1) is 23.6 Å². The largest absolute Gasteiger partial charge is 0.459 e. The van der Waals surface area contributed by atoms with Crippen LogP contribution in [0.2, 0.25) is 0 Å². The predicted octanol–water partition coefficient (Wildman–Crippen LogP) is 1.61. The summed E-state index contributed by atoms with van der Waals surface area (Å²) in [4.78, 5) is 12.5. The Morgan fingerprint density at radius 2 is 2.03 bits per heavy atom. The molecule has 1 aromatic rings. The van der Waals surface area contributed by atoms with Crippen molar-refractivity contribution in [3.8, 4) is 6.07 Å². The van der Waals surface area contributed by atoms with Gasteiger partial charge >= 0.3 is 6.18 Å². The second-order valence-electron chi connectivity index (χ2n) is 6.63. The van der Waals surface area contributed by atoms with E-state index >= 15 is 0 Å². The van der Waals surface area contributed by atoms with Gasteiger partial charge in [-0.3, -0.25) is 4.79 Å². The number of ether oxygens (including phenoxy) is 1. The number of nitriles is 1. The molecule has 154 valence electrons. The van der Waals surface area contributed by atoms with Crippen molar-refractivity contribution >= 4 is 11.7 Å². The van der Waals surface area contributed by atoms with E-state index in [1.165, 1.54) is 30.5 Å². The van der Waals surface area contributed by atoms with E-state index in [0.29, 0.717) is 12.8 Å². The highest BCUT2D eigenvalue weighted by Crippen LogP contribution is 2.36. The van der Waals surface area contributed by atoms with Crippen molar-refractivity contribution < 1.29 is 32.9 Å². The second kappa shape index (κ2) is 8.14. The lowest BCUT2D eigenvalue weighted by Crippen LogP contribution is -2.48. The Hall–Kier alpha value is -3.03. The summed E-state index contributed by atoms with van der Waals surface area (Å²) in [6.07, 6.45) is -4.42. The van der Waals surface area contributed by atoms with Gasteiger partial charge in [-0.2, -0.15) is 18.4 Å². The van der Waals surface area contributed by atoms with Crippen molar-refractivity contribution in [3.63, 3.8) is 0 Å². The van der Waals surface area contributed by atoms with Crippen molar-refractivity contribution in [1.29, 1.82) is 5.26 Å². The molecule has 3 rings (SSSR count). The molecule has 0 radical (unpaired) electrons. The van der Waals surface area contributed by atoms with Gasteiger partial charge in [0.2, 0.25) is 6.23 Å². The van der Waals surface area contributed by atoms with Crippen LogP contribution in [0.1, 0.15) is 24.0 Å². The van der Waals surface area contributed by atoms with Crippen molar-refractivity contribution in [2.45, 2.75) is 37.6 Å². The van der Waals surface area contributed by atoms with Crippen molar-refractivity contribution in [2.24, 2.45) is 5.92 Å². The van der Waals surface area contributed by atoms with Crippen LogP contribution in [0, 0.1) is 17.2 Å². The zero-order valence-electron chi connectivity index (χ0n) is 15.0. The molecule has 4 N–H and O–H groups in total. The lowest BCUT2D eigenvalue weighted by molar-refractivity contribution is -0.138. The van der Waals surface area contributed by atoms with Crippen LogP contribution in [0.25, 0.3) is 5.76 Å². The Morgan fingerprint density at radius 3 is 2.69 bits per heavy atom. The van der Waals surface area contributed by atoms with Crippen LogP contribution < -0.4 is 10.6 Å². The Morgan fingerprint density at radius 1 is 1.31 bits per heavy atom. The summed E-state index contributed by atoms with van der Waals surface area (Å²) in [7, 11) is 0. The van der Waals surface area contributed by atoms with Gasteiger partial charge < -0.3 is 25.6 Å². The number of rotatable bonds is 4. The molecule has 7 nitrogen and oxygen atoms in total. The maximum Gasteiger partial charge on any atom is 0.417 e. The number of hydrogen-bond donors (Lipinski definition) is 4. The van der Waals surface area contributed by atoms with Gasteiger partial charge in [0.1, 0.15) is 5.76 Å². The number of aliphatic hydroxyl groups is 2. The van der Waals surface area contributed by atoms with Crippen LogP contribution in [0.3, 0.4) is 0 Å². The lowest BCUT2D eigenvalue weighted by Gasteiger charge is -2.29. The molecule has 1 heterocycles. The molecular formula is C19H18F3N3O4. The first kappa shape index (κ1) is 20.7. The van der Waals surface area contributed by atoms with E-state index in [1.54, 1.807) is 0 Å². The number of amides is 1. The predicted molar refractivity (Wildman–Crippen MR) is 94.0 cm³/mol. The molecule has 1 aliphatic carbocycles. The van der Waals surface area contributed by atoms with Crippen molar-refractivity contribution in [2.75, 3.05) is 0 Å². The molecule has 0 spiro atoms. The highest BCUT2D eigenvalue weighted by molar-refractivity contribution is 5.83. The molecule has 10 heteroatoms. The van der Waals surface area contributed by atoms with Gasteiger partial charge in [0, 0.05) is 17.3 Å². The van der Waals surface area contributed by atoms with E-state index in [-0.39, 0.29) is 16.9 Å². The molecule has 1 aliphatic heterocycles. The number of alkyl halides is 3. The summed E-state index contributed by atoms with van der Waals surface area (Å²) in [6, 6.07) is 6.12. The van der Waals surface area contributed by atoms with Crippen LogP contribution in [-0.2, 0) is 15.7 Å². The molecule has 1 aromatic carbocycles. The normalized spacial score (nSPS) is 24.1. The zero-order valence-corrected chi connectivity index (χ0v) is 15.0. The van der Waals surface area contributed by atoms with E-state index in [0.717, 1.165) is 6.07 Å². The summed E-state index contributed by atoms with van der Waals surface area (Å²) in [5, 5.41) is 33.1. The molecule has 0 fully saturated rings. The monoisotopic (exact) mass is 409 g/mol. The fourth-order valence-corrected chi connectivity index (χ4v) is 3.28. The van der Waals surface area contributed by atoms with Gasteiger partial charge in [0.25, 0.3) is 5.91 Å². The van der Waals surface area contributed by atoms with Crippen LogP contribution >= 0.6 is 0 Å². The topological polar surface area (TPSA) is 115 Å². The lowest BCUT2D eigenvalue weighted by atomic mass is 9.87. The number of benzene rings is 1. The molecule has 0 saturated carbocycles. The number of hydrogen-bond acceptors (Lipinski definition) is 6. The van der Waals surface area contributed by atoms with E-state index in [2.05, 4.69) is 10.6 Å². The smallest absolute Gasteiger partial charge is 0.417 e. The first-order valence-electron chi connectivity index (χ1n) is 8.78. The molecule has 0 aromatic heterocycles. The van der Waals surface area contributed by atoms with Crippen LogP contribution in [0.4, 0.5) is 13.2 Å². The Bertz CT molecular complexity index is 889. The Balaban J connectivity index is 1.70. The molecule has 2 aliphatic rings. The van der Waals surface area contributed by atoms with Gasteiger partial charge in [-0.1, -0.05) is 24.3 Å². The average Bonchev–Trinajstić information content (AvgIpc) is 3.17.